The molecule has 1 N–H and O–H groups in total. The molecule has 0 aliphatic heterocycles. The highest BCUT2D eigenvalue weighted by atomic mass is 16.3. The number of furan rings is 1. The van der Waals surface area contributed by atoms with Gasteiger partial charge in [0.15, 0.2) is 5.76 Å². The molecule has 112 valence electrons. The third kappa shape index (κ3) is 4.17. The Morgan fingerprint density at radius 3 is 2.55 bits per heavy atom. The van der Waals surface area contributed by atoms with Gasteiger partial charge >= 0.3 is 5.91 Å². The maximum absolute atomic E-state index is 12.0. The van der Waals surface area contributed by atoms with Gasteiger partial charge in [-0.1, -0.05) is 30.3 Å². The number of benzene rings is 1. The van der Waals surface area contributed by atoms with Gasteiger partial charge in [0.1, 0.15) is 6.29 Å². The van der Waals surface area contributed by atoms with Crippen LogP contribution in [0.3, 0.4) is 0 Å². The normalized spacial score (nSPS) is 10.4. The fourth-order valence-corrected chi connectivity index (χ4v) is 1.67. The Balaban J connectivity index is 2.03. The van der Waals surface area contributed by atoms with E-state index in [4.69, 9.17) is 4.42 Å². The van der Waals surface area contributed by atoms with Crippen molar-refractivity contribution in [3.05, 3.63) is 66.1 Å². The molecule has 0 bridgehead atoms. The molecule has 0 saturated carbocycles. The number of amides is 2. The molecule has 1 heterocycles. The smallest absolute Gasteiger partial charge is 0.305 e. The Labute approximate surface area is 127 Å². The van der Waals surface area contributed by atoms with Crippen molar-refractivity contribution < 1.29 is 18.8 Å². The van der Waals surface area contributed by atoms with E-state index in [2.05, 4.69) is 5.43 Å². The summed E-state index contributed by atoms with van der Waals surface area (Å²) in [5.74, 6) is -1.07. The number of hydrogen-bond donors (Lipinski definition) is 1. The van der Waals surface area contributed by atoms with Gasteiger partial charge in [0.25, 0.3) is 5.91 Å². The Morgan fingerprint density at radius 1 is 1.14 bits per heavy atom. The third-order valence-corrected chi connectivity index (χ3v) is 2.72. The van der Waals surface area contributed by atoms with Crippen molar-refractivity contribution in [1.82, 2.24) is 10.4 Å². The molecule has 0 unspecified atom stereocenters. The summed E-state index contributed by atoms with van der Waals surface area (Å²) in [6, 6.07) is 12.2. The summed E-state index contributed by atoms with van der Waals surface area (Å²) < 4.78 is 4.93. The summed E-state index contributed by atoms with van der Waals surface area (Å²) in [4.78, 5) is 34.5. The maximum Gasteiger partial charge on any atom is 0.305 e. The van der Waals surface area contributed by atoms with Crippen LogP contribution >= 0.6 is 0 Å². The minimum atomic E-state index is -0.603. The van der Waals surface area contributed by atoms with E-state index in [-0.39, 0.29) is 12.3 Å². The first-order valence-corrected chi connectivity index (χ1v) is 6.53. The molecule has 0 atom stereocenters. The summed E-state index contributed by atoms with van der Waals surface area (Å²) in [6.07, 6.45) is 4.74. The van der Waals surface area contributed by atoms with E-state index in [1.54, 1.807) is 12.1 Å². The first-order chi connectivity index (χ1) is 10.7. The van der Waals surface area contributed by atoms with E-state index in [9.17, 15) is 14.4 Å². The number of nitrogens with one attached hydrogen (secondary N) is 1. The second-order valence-corrected chi connectivity index (χ2v) is 4.28. The van der Waals surface area contributed by atoms with Crippen molar-refractivity contribution in [2.75, 3.05) is 6.54 Å². The van der Waals surface area contributed by atoms with Gasteiger partial charge in [-0.05, 0) is 23.8 Å². The van der Waals surface area contributed by atoms with Crippen LogP contribution in [-0.4, -0.2) is 29.7 Å². The summed E-state index contributed by atoms with van der Waals surface area (Å²) in [5.41, 5.74) is 3.16. The van der Waals surface area contributed by atoms with Crippen LogP contribution in [0.2, 0.25) is 0 Å². The van der Waals surface area contributed by atoms with Gasteiger partial charge in [0, 0.05) is 6.08 Å². The quantitative estimate of drug-likeness (QED) is 0.517. The highest BCUT2D eigenvalue weighted by molar-refractivity contribution is 5.97. The van der Waals surface area contributed by atoms with Crippen LogP contribution in [0, 0.1) is 0 Å². The van der Waals surface area contributed by atoms with Crippen LogP contribution in [0.15, 0.2) is 59.2 Å². The maximum atomic E-state index is 12.0. The number of aldehydes is 1. The van der Waals surface area contributed by atoms with Crippen LogP contribution in [0.5, 0.6) is 0 Å². The van der Waals surface area contributed by atoms with Gasteiger partial charge in [0.2, 0.25) is 0 Å². The molecule has 1 aromatic heterocycles. The molecule has 0 radical (unpaired) electrons. The van der Waals surface area contributed by atoms with E-state index < -0.39 is 11.8 Å². The highest BCUT2D eigenvalue weighted by Gasteiger charge is 2.16. The van der Waals surface area contributed by atoms with Crippen molar-refractivity contribution >= 4 is 24.2 Å². The molecule has 1 aromatic carbocycles. The molecule has 0 aliphatic rings. The van der Waals surface area contributed by atoms with E-state index in [0.717, 1.165) is 10.6 Å². The van der Waals surface area contributed by atoms with E-state index in [1.807, 2.05) is 30.3 Å². The Bertz CT molecular complexity index is 663. The van der Waals surface area contributed by atoms with Crippen LogP contribution in [0.25, 0.3) is 6.08 Å². The highest BCUT2D eigenvalue weighted by Crippen LogP contribution is 2.03. The second kappa shape index (κ2) is 7.58. The molecule has 0 saturated heterocycles. The molecule has 2 aromatic rings. The van der Waals surface area contributed by atoms with Crippen LogP contribution in [-0.2, 0) is 9.59 Å². The molecular formula is C16H14N2O4. The van der Waals surface area contributed by atoms with Crippen molar-refractivity contribution in [3.63, 3.8) is 0 Å². The molecule has 0 fully saturated rings. The average Bonchev–Trinajstić information content (AvgIpc) is 3.07. The van der Waals surface area contributed by atoms with Gasteiger partial charge in [-0.2, -0.15) is 0 Å². The van der Waals surface area contributed by atoms with Crippen molar-refractivity contribution in [2.24, 2.45) is 0 Å². The molecule has 6 nitrogen and oxygen atoms in total. The molecule has 0 aliphatic carbocycles. The number of nitrogens with zero attached hydrogens (tertiary/aromatic N) is 1. The van der Waals surface area contributed by atoms with Gasteiger partial charge in [-0.15, -0.1) is 0 Å². The lowest BCUT2D eigenvalue weighted by Crippen LogP contribution is -2.46. The largest absolute Gasteiger partial charge is 0.459 e. The van der Waals surface area contributed by atoms with Crippen LogP contribution in [0.4, 0.5) is 0 Å². The Hall–Kier alpha value is -3.15. The van der Waals surface area contributed by atoms with Crippen LogP contribution < -0.4 is 5.43 Å². The number of hydrogen-bond acceptors (Lipinski definition) is 4. The standard InChI is InChI=1S/C16H14N2O4/c19-11-10-18(17-16(21)14-7-4-12-22-14)15(20)9-8-13-5-2-1-3-6-13/h1-9,11-12H,10H2,(H,17,21)/b9-8+. The lowest BCUT2D eigenvalue weighted by Gasteiger charge is -2.18. The zero-order chi connectivity index (χ0) is 15.8. The first-order valence-electron chi connectivity index (χ1n) is 6.53. The zero-order valence-electron chi connectivity index (χ0n) is 11.6. The fraction of sp³-hybridized carbons (Fsp3) is 0.0625. The van der Waals surface area contributed by atoms with E-state index in [1.165, 1.54) is 18.4 Å². The summed E-state index contributed by atoms with van der Waals surface area (Å²) in [6.45, 7) is -0.260. The second-order valence-electron chi connectivity index (χ2n) is 4.28. The predicted octanol–water partition coefficient (Wildman–Crippen LogP) is 1.67. The van der Waals surface area contributed by atoms with Gasteiger partial charge in [0.05, 0.1) is 12.8 Å². The number of carbonyl (C=O) groups excluding carboxylic acids is 3. The summed E-state index contributed by atoms with van der Waals surface area (Å²) in [5, 5.41) is 0.914. The Morgan fingerprint density at radius 2 is 1.91 bits per heavy atom. The molecule has 0 spiro atoms. The molecule has 22 heavy (non-hydrogen) atoms. The number of rotatable bonds is 5. The monoisotopic (exact) mass is 298 g/mol. The van der Waals surface area contributed by atoms with Gasteiger partial charge in [-0.25, -0.2) is 5.01 Å². The van der Waals surface area contributed by atoms with Gasteiger partial charge in [-0.3, -0.25) is 15.0 Å². The Kier molecular flexibility index (Phi) is 5.25. The summed E-state index contributed by atoms with van der Waals surface area (Å²) in [7, 11) is 0. The third-order valence-electron chi connectivity index (χ3n) is 2.72. The molecule has 2 amide bonds. The summed E-state index contributed by atoms with van der Waals surface area (Å²) >= 11 is 0. The first kappa shape index (κ1) is 15.2. The minimum Gasteiger partial charge on any atom is -0.459 e. The predicted molar refractivity (Wildman–Crippen MR) is 79.4 cm³/mol. The van der Waals surface area contributed by atoms with E-state index in [0.29, 0.717) is 6.29 Å². The number of carbonyl (C=O) groups is 3. The van der Waals surface area contributed by atoms with Crippen molar-refractivity contribution in [3.8, 4) is 0 Å². The molecule has 6 heteroatoms. The van der Waals surface area contributed by atoms with Crippen molar-refractivity contribution in [1.29, 1.82) is 0 Å². The molecular weight excluding hydrogens is 284 g/mol. The van der Waals surface area contributed by atoms with Crippen LogP contribution in [0.1, 0.15) is 16.1 Å². The molecule has 2 rings (SSSR count). The SMILES string of the molecule is O=CCN(NC(=O)c1ccco1)C(=O)/C=C/c1ccccc1. The topological polar surface area (TPSA) is 79.6 Å². The fourth-order valence-electron chi connectivity index (χ4n) is 1.67. The van der Waals surface area contributed by atoms with Crippen molar-refractivity contribution in [2.45, 2.75) is 0 Å². The lowest BCUT2D eigenvalue weighted by molar-refractivity contribution is -0.130. The number of hydrazine groups is 1. The zero-order valence-corrected chi connectivity index (χ0v) is 11.6. The average molecular weight is 298 g/mol. The van der Waals surface area contributed by atoms with Gasteiger partial charge < -0.3 is 9.21 Å². The lowest BCUT2D eigenvalue weighted by atomic mass is 10.2. The van der Waals surface area contributed by atoms with E-state index >= 15 is 0 Å². The minimum absolute atomic E-state index is 0.0516.